The summed E-state index contributed by atoms with van der Waals surface area (Å²) in [4.78, 5) is 23.7. The summed E-state index contributed by atoms with van der Waals surface area (Å²) < 4.78 is 5.13. The molecule has 0 saturated heterocycles. The Kier molecular flexibility index (Phi) is 4.46. The van der Waals surface area contributed by atoms with Crippen molar-refractivity contribution in [2.24, 2.45) is 17.8 Å². The second kappa shape index (κ2) is 6.51. The summed E-state index contributed by atoms with van der Waals surface area (Å²) in [7, 11) is 0. The molecule has 2 aliphatic rings. The number of nitrogens with one attached hydrogen (secondary N) is 1. The Morgan fingerprint density at radius 3 is 2.73 bits per heavy atom. The highest BCUT2D eigenvalue weighted by molar-refractivity contribution is 5.93. The zero-order valence-corrected chi connectivity index (χ0v) is 13.0. The molecular formula is C18H23NO3. The van der Waals surface area contributed by atoms with Crippen molar-refractivity contribution >= 4 is 17.6 Å². The molecule has 1 N–H and O–H groups in total. The topological polar surface area (TPSA) is 55.4 Å². The summed E-state index contributed by atoms with van der Waals surface area (Å²) >= 11 is 0. The Bertz CT molecular complexity index is 569. The molecule has 2 aliphatic carbocycles. The zero-order chi connectivity index (χ0) is 15.5. The van der Waals surface area contributed by atoms with Crippen molar-refractivity contribution in [1.29, 1.82) is 0 Å². The fourth-order valence-corrected chi connectivity index (χ4v) is 3.94. The van der Waals surface area contributed by atoms with Gasteiger partial charge in [-0.25, -0.2) is 0 Å². The number of carbonyl (C=O) groups excluding carboxylic acids is 2. The minimum Gasteiger partial charge on any atom is -0.456 e. The van der Waals surface area contributed by atoms with E-state index in [0.717, 1.165) is 23.6 Å². The van der Waals surface area contributed by atoms with Crippen molar-refractivity contribution in [3.63, 3.8) is 0 Å². The molecule has 1 amide bonds. The van der Waals surface area contributed by atoms with Gasteiger partial charge in [-0.05, 0) is 55.6 Å². The van der Waals surface area contributed by atoms with Crippen LogP contribution in [0.25, 0.3) is 0 Å². The second-order valence-electron chi connectivity index (χ2n) is 6.66. The van der Waals surface area contributed by atoms with Crippen molar-refractivity contribution < 1.29 is 14.3 Å². The van der Waals surface area contributed by atoms with E-state index in [1.807, 2.05) is 31.2 Å². The molecule has 0 aliphatic heterocycles. The van der Waals surface area contributed by atoms with Crippen LogP contribution in [0.15, 0.2) is 24.3 Å². The van der Waals surface area contributed by atoms with Gasteiger partial charge in [0.05, 0.1) is 0 Å². The van der Waals surface area contributed by atoms with Crippen LogP contribution >= 0.6 is 0 Å². The summed E-state index contributed by atoms with van der Waals surface area (Å²) in [6.45, 7) is 1.73. The summed E-state index contributed by atoms with van der Waals surface area (Å²) in [6, 6.07) is 7.55. The number of carbonyl (C=O) groups is 2. The molecule has 1 aromatic rings. The third-order valence-electron chi connectivity index (χ3n) is 5.10. The first kappa shape index (κ1) is 15.1. The maximum Gasteiger partial charge on any atom is 0.306 e. The normalized spacial score (nSPS) is 26.0. The average Bonchev–Trinajstić information content (AvgIpc) is 3.10. The highest BCUT2D eigenvalue weighted by Crippen LogP contribution is 2.49. The first-order valence-electron chi connectivity index (χ1n) is 8.13. The molecule has 4 nitrogen and oxygen atoms in total. The van der Waals surface area contributed by atoms with E-state index >= 15 is 0 Å². The van der Waals surface area contributed by atoms with E-state index in [1.165, 1.54) is 19.3 Å². The summed E-state index contributed by atoms with van der Waals surface area (Å²) in [5, 5.41) is 2.77. The zero-order valence-electron chi connectivity index (χ0n) is 13.0. The lowest BCUT2D eigenvalue weighted by Gasteiger charge is -2.20. The van der Waals surface area contributed by atoms with Crippen LogP contribution in [0.2, 0.25) is 0 Å². The molecule has 0 aromatic heterocycles. The van der Waals surface area contributed by atoms with Gasteiger partial charge in [-0.2, -0.15) is 0 Å². The molecule has 2 bridgehead atoms. The second-order valence-corrected chi connectivity index (χ2v) is 6.66. The fourth-order valence-electron chi connectivity index (χ4n) is 3.94. The Labute approximate surface area is 131 Å². The molecule has 22 heavy (non-hydrogen) atoms. The van der Waals surface area contributed by atoms with Crippen molar-refractivity contribution in [2.75, 3.05) is 11.9 Å². The molecule has 3 unspecified atom stereocenters. The van der Waals surface area contributed by atoms with Crippen LogP contribution < -0.4 is 5.32 Å². The Morgan fingerprint density at radius 1 is 1.23 bits per heavy atom. The Morgan fingerprint density at radius 2 is 2.05 bits per heavy atom. The summed E-state index contributed by atoms with van der Waals surface area (Å²) in [5.74, 6) is 1.49. The molecule has 118 valence electrons. The molecule has 0 heterocycles. The standard InChI is InChI=1S/C18H23NO3/c1-12-4-2-3-5-16(12)19-17(20)11-22-18(21)10-15-9-13-6-7-14(15)8-13/h2-5,13-15H,6-11H2,1H3,(H,19,20). The number of esters is 1. The first-order valence-corrected chi connectivity index (χ1v) is 8.13. The maximum atomic E-state index is 11.9. The van der Waals surface area contributed by atoms with Gasteiger partial charge in [0.2, 0.25) is 0 Å². The number of amides is 1. The Hall–Kier alpha value is -1.84. The van der Waals surface area contributed by atoms with E-state index < -0.39 is 0 Å². The third kappa shape index (κ3) is 3.49. The predicted molar refractivity (Wildman–Crippen MR) is 84.3 cm³/mol. The molecule has 0 spiro atoms. The highest BCUT2D eigenvalue weighted by Gasteiger charge is 2.40. The van der Waals surface area contributed by atoms with Crippen LogP contribution in [0.3, 0.4) is 0 Å². The molecule has 2 fully saturated rings. The van der Waals surface area contributed by atoms with E-state index in [0.29, 0.717) is 18.3 Å². The van der Waals surface area contributed by atoms with Crippen molar-refractivity contribution in [1.82, 2.24) is 0 Å². The SMILES string of the molecule is Cc1ccccc1NC(=O)COC(=O)CC1CC2CCC1C2. The van der Waals surface area contributed by atoms with Gasteiger partial charge in [-0.3, -0.25) is 9.59 Å². The van der Waals surface area contributed by atoms with E-state index in [2.05, 4.69) is 5.32 Å². The lowest BCUT2D eigenvalue weighted by molar-refractivity contribution is -0.148. The van der Waals surface area contributed by atoms with Crippen LogP contribution in [0.4, 0.5) is 5.69 Å². The van der Waals surface area contributed by atoms with Gasteiger partial charge in [-0.1, -0.05) is 24.6 Å². The monoisotopic (exact) mass is 301 g/mol. The van der Waals surface area contributed by atoms with Gasteiger partial charge in [0.25, 0.3) is 5.91 Å². The molecular weight excluding hydrogens is 278 g/mol. The summed E-state index contributed by atoms with van der Waals surface area (Å²) in [6.07, 6.45) is 5.51. The number of fused-ring (bicyclic) bond motifs is 2. The molecule has 3 atom stereocenters. The van der Waals surface area contributed by atoms with Crippen LogP contribution in [-0.2, 0) is 14.3 Å². The van der Waals surface area contributed by atoms with Crippen LogP contribution in [0.1, 0.15) is 37.7 Å². The number of hydrogen-bond donors (Lipinski definition) is 1. The van der Waals surface area contributed by atoms with Crippen LogP contribution in [0, 0.1) is 24.7 Å². The van der Waals surface area contributed by atoms with Crippen molar-refractivity contribution in [3.8, 4) is 0 Å². The molecule has 0 radical (unpaired) electrons. The van der Waals surface area contributed by atoms with Crippen molar-refractivity contribution in [2.45, 2.75) is 39.0 Å². The number of para-hydroxylation sites is 1. The third-order valence-corrected chi connectivity index (χ3v) is 5.10. The van der Waals surface area contributed by atoms with Gasteiger partial charge < -0.3 is 10.1 Å². The number of rotatable bonds is 5. The molecule has 1 aromatic carbocycles. The number of hydrogen-bond acceptors (Lipinski definition) is 3. The smallest absolute Gasteiger partial charge is 0.306 e. The van der Waals surface area contributed by atoms with Gasteiger partial charge in [-0.15, -0.1) is 0 Å². The lowest BCUT2D eigenvalue weighted by Crippen LogP contribution is -2.23. The number of benzene rings is 1. The lowest BCUT2D eigenvalue weighted by atomic mass is 9.86. The number of aryl methyl sites for hydroxylation is 1. The molecule has 2 saturated carbocycles. The van der Waals surface area contributed by atoms with Gasteiger partial charge >= 0.3 is 5.97 Å². The molecule has 4 heteroatoms. The number of anilines is 1. The Balaban J connectivity index is 1.41. The fraction of sp³-hybridized carbons (Fsp3) is 0.556. The van der Waals surface area contributed by atoms with E-state index in [1.54, 1.807) is 0 Å². The van der Waals surface area contributed by atoms with Gasteiger partial charge in [0, 0.05) is 12.1 Å². The van der Waals surface area contributed by atoms with Crippen molar-refractivity contribution in [3.05, 3.63) is 29.8 Å². The predicted octanol–water partition coefficient (Wildman–Crippen LogP) is 3.30. The largest absolute Gasteiger partial charge is 0.456 e. The van der Waals surface area contributed by atoms with Crippen LogP contribution in [-0.4, -0.2) is 18.5 Å². The van der Waals surface area contributed by atoms with Gasteiger partial charge in [0.1, 0.15) is 0 Å². The van der Waals surface area contributed by atoms with Gasteiger partial charge in [0.15, 0.2) is 6.61 Å². The quantitative estimate of drug-likeness (QED) is 0.849. The van der Waals surface area contributed by atoms with E-state index in [-0.39, 0.29) is 18.5 Å². The number of ether oxygens (including phenoxy) is 1. The highest BCUT2D eigenvalue weighted by atomic mass is 16.5. The van der Waals surface area contributed by atoms with E-state index in [9.17, 15) is 9.59 Å². The minimum absolute atomic E-state index is 0.200. The van der Waals surface area contributed by atoms with Crippen LogP contribution in [0.5, 0.6) is 0 Å². The first-order chi connectivity index (χ1) is 10.6. The molecule has 3 rings (SSSR count). The summed E-state index contributed by atoms with van der Waals surface area (Å²) in [5.41, 5.74) is 1.75. The maximum absolute atomic E-state index is 11.9. The average molecular weight is 301 g/mol. The minimum atomic E-state index is -0.282. The van der Waals surface area contributed by atoms with E-state index in [4.69, 9.17) is 4.74 Å².